The third kappa shape index (κ3) is 5.54. The van der Waals surface area contributed by atoms with Crippen molar-refractivity contribution in [2.24, 2.45) is 4.99 Å². The largest absolute Gasteiger partial charge is 0.496 e. The van der Waals surface area contributed by atoms with Crippen LogP contribution < -0.4 is 24.4 Å². The quantitative estimate of drug-likeness (QED) is 0.382. The van der Waals surface area contributed by atoms with E-state index in [0.29, 0.717) is 47.2 Å². The number of hydrogen-bond donors (Lipinski definition) is 1. The first-order valence-electron chi connectivity index (χ1n) is 11.3. The number of nitrogens with zero attached hydrogens (tertiary/aromatic N) is 2. The Morgan fingerprint density at radius 2 is 1.97 bits per heavy atom. The maximum absolute atomic E-state index is 13.8. The van der Waals surface area contributed by atoms with Crippen molar-refractivity contribution < 1.29 is 28.9 Å². The lowest BCUT2D eigenvalue weighted by Crippen LogP contribution is -2.40. The van der Waals surface area contributed by atoms with Gasteiger partial charge in [-0.2, -0.15) is 0 Å². The second kappa shape index (κ2) is 11.5. The average molecular weight is 622 g/mol. The first-order valence-corrected chi connectivity index (χ1v) is 13.3. The van der Waals surface area contributed by atoms with E-state index >= 15 is 0 Å². The minimum Gasteiger partial charge on any atom is -0.496 e. The molecule has 1 aliphatic heterocycles. The highest BCUT2D eigenvalue weighted by molar-refractivity contribution is 9.10. The van der Waals surface area contributed by atoms with E-state index in [9.17, 15) is 14.4 Å². The van der Waals surface area contributed by atoms with Crippen molar-refractivity contribution in [1.29, 1.82) is 0 Å². The number of aromatic nitrogens is 1. The topological polar surface area (TPSA) is 116 Å². The molecule has 2 aromatic carbocycles. The summed E-state index contributed by atoms with van der Waals surface area (Å²) in [4.78, 5) is 42.6. The van der Waals surface area contributed by atoms with Crippen molar-refractivity contribution in [1.82, 2.24) is 4.57 Å². The van der Waals surface area contributed by atoms with Crippen LogP contribution in [0.5, 0.6) is 11.5 Å². The molecule has 1 N–H and O–H groups in total. The number of hydrogen-bond acceptors (Lipinski definition) is 8. The van der Waals surface area contributed by atoms with Gasteiger partial charge in [0, 0.05) is 10.6 Å². The van der Waals surface area contributed by atoms with Gasteiger partial charge in [0.25, 0.3) is 5.56 Å². The smallest absolute Gasteiger partial charge is 0.341 e. The lowest BCUT2D eigenvalue weighted by atomic mass is 9.95. The molecule has 1 aliphatic rings. The van der Waals surface area contributed by atoms with E-state index in [4.69, 9.17) is 30.9 Å². The Bertz CT molecular complexity index is 1640. The first-order chi connectivity index (χ1) is 18.1. The molecule has 0 unspecified atom stereocenters. The van der Waals surface area contributed by atoms with Crippen LogP contribution in [-0.4, -0.2) is 41.9 Å². The normalized spacial score (nSPS) is 15.1. The molecule has 0 radical (unpaired) electrons. The molecule has 0 saturated carbocycles. The Kier molecular flexibility index (Phi) is 8.39. The maximum atomic E-state index is 13.8. The van der Waals surface area contributed by atoms with E-state index in [2.05, 4.69) is 20.9 Å². The Morgan fingerprint density at radius 3 is 2.63 bits per heavy atom. The van der Waals surface area contributed by atoms with Crippen LogP contribution in [0.4, 0.5) is 0 Å². The SMILES string of the molecule is CCOC(=O)C1=C(C)N=c2s/c(=C\c3ccc(OCC(=O)O)c(Br)c3)c(=O)n2[C@@H]1c1cc(Cl)ccc1OC. The minimum absolute atomic E-state index is 0.153. The zero-order chi connectivity index (χ0) is 27.6. The van der Waals surface area contributed by atoms with E-state index in [1.54, 1.807) is 56.3 Å². The summed E-state index contributed by atoms with van der Waals surface area (Å²) in [6, 6.07) is 9.15. The average Bonchev–Trinajstić information content (AvgIpc) is 3.16. The summed E-state index contributed by atoms with van der Waals surface area (Å²) >= 11 is 10.9. The Hall–Kier alpha value is -3.41. The molecule has 38 heavy (non-hydrogen) atoms. The number of carboxylic acids is 1. The molecule has 1 atom stereocenters. The van der Waals surface area contributed by atoms with Gasteiger partial charge in [0.1, 0.15) is 17.5 Å². The molecular formula is C26H22BrClN2O7S. The number of benzene rings is 2. The van der Waals surface area contributed by atoms with Crippen molar-refractivity contribution in [3.05, 3.63) is 88.0 Å². The van der Waals surface area contributed by atoms with Crippen LogP contribution in [0.25, 0.3) is 6.08 Å². The number of carbonyl (C=O) groups excluding carboxylic acids is 1. The number of fused-ring (bicyclic) bond motifs is 1. The summed E-state index contributed by atoms with van der Waals surface area (Å²) < 4.78 is 18.5. The lowest BCUT2D eigenvalue weighted by molar-refractivity contribution is -0.140. The molecule has 0 aliphatic carbocycles. The number of rotatable bonds is 8. The standard InChI is InChI=1S/C26H22BrClN2O7S/c1-4-36-25(34)22-13(2)29-26-30(23(22)16-11-15(28)6-8-18(16)35-3)24(33)20(38-26)10-14-5-7-19(17(27)9-14)37-12-21(31)32/h5-11,23H,4,12H2,1-3H3,(H,31,32)/b20-10-/t23-/m1/s1. The zero-order valence-electron chi connectivity index (χ0n) is 20.5. The van der Waals surface area contributed by atoms with Crippen LogP contribution in [0.15, 0.2) is 61.9 Å². The third-order valence-electron chi connectivity index (χ3n) is 5.61. The summed E-state index contributed by atoms with van der Waals surface area (Å²) in [5.41, 5.74) is 1.47. The Labute approximate surface area is 234 Å². The molecule has 2 heterocycles. The van der Waals surface area contributed by atoms with Crippen LogP contribution in [0.2, 0.25) is 5.02 Å². The van der Waals surface area contributed by atoms with Gasteiger partial charge in [-0.1, -0.05) is 29.0 Å². The highest BCUT2D eigenvalue weighted by Crippen LogP contribution is 2.37. The van der Waals surface area contributed by atoms with Gasteiger partial charge < -0.3 is 19.3 Å². The number of allylic oxidation sites excluding steroid dienone is 1. The van der Waals surface area contributed by atoms with Crippen LogP contribution >= 0.6 is 38.9 Å². The van der Waals surface area contributed by atoms with Crippen molar-refractivity contribution in [2.75, 3.05) is 20.3 Å². The van der Waals surface area contributed by atoms with Gasteiger partial charge in [0.15, 0.2) is 11.4 Å². The number of thiazole rings is 1. The van der Waals surface area contributed by atoms with Crippen LogP contribution in [0.1, 0.15) is 31.0 Å². The molecule has 12 heteroatoms. The molecule has 0 amide bonds. The maximum Gasteiger partial charge on any atom is 0.341 e. The van der Waals surface area contributed by atoms with Gasteiger partial charge >= 0.3 is 11.9 Å². The van der Waals surface area contributed by atoms with Crippen molar-refractivity contribution in [3.8, 4) is 11.5 Å². The van der Waals surface area contributed by atoms with E-state index < -0.39 is 24.6 Å². The highest BCUT2D eigenvalue weighted by Gasteiger charge is 2.35. The third-order valence-corrected chi connectivity index (χ3v) is 7.45. The Morgan fingerprint density at radius 1 is 1.24 bits per heavy atom. The molecular weight excluding hydrogens is 600 g/mol. The molecule has 1 aromatic heterocycles. The molecule has 9 nitrogen and oxygen atoms in total. The predicted octanol–water partition coefficient (Wildman–Crippen LogP) is 3.69. The van der Waals surface area contributed by atoms with Gasteiger partial charge in [0.05, 0.1) is 34.0 Å². The number of carbonyl (C=O) groups is 2. The first kappa shape index (κ1) is 27.6. The number of carboxylic acid groups (broad SMARTS) is 1. The van der Waals surface area contributed by atoms with Crippen LogP contribution in [0.3, 0.4) is 0 Å². The second-order valence-electron chi connectivity index (χ2n) is 8.06. The Balaban J connectivity index is 1.89. The molecule has 0 bridgehead atoms. The monoisotopic (exact) mass is 620 g/mol. The summed E-state index contributed by atoms with van der Waals surface area (Å²) in [5, 5.41) is 9.25. The fourth-order valence-corrected chi connectivity index (χ4v) is 5.76. The van der Waals surface area contributed by atoms with Crippen molar-refractivity contribution in [3.63, 3.8) is 0 Å². The van der Waals surface area contributed by atoms with Crippen LogP contribution in [0, 0.1) is 0 Å². The van der Waals surface area contributed by atoms with Gasteiger partial charge in [-0.25, -0.2) is 14.6 Å². The summed E-state index contributed by atoms with van der Waals surface area (Å²) in [5.74, 6) is -0.874. The molecule has 0 fully saturated rings. The minimum atomic E-state index is -1.09. The molecule has 4 rings (SSSR count). The number of aliphatic carboxylic acids is 1. The number of methoxy groups -OCH3 is 1. The summed E-state index contributed by atoms with van der Waals surface area (Å²) in [6.07, 6.45) is 1.69. The zero-order valence-corrected chi connectivity index (χ0v) is 23.6. The van der Waals surface area contributed by atoms with E-state index in [0.717, 1.165) is 0 Å². The van der Waals surface area contributed by atoms with Crippen LogP contribution in [-0.2, 0) is 14.3 Å². The second-order valence-corrected chi connectivity index (χ2v) is 10.4. The number of esters is 1. The summed E-state index contributed by atoms with van der Waals surface area (Å²) in [6.45, 7) is 3.07. The van der Waals surface area contributed by atoms with Gasteiger partial charge in [-0.05, 0) is 71.7 Å². The highest BCUT2D eigenvalue weighted by atomic mass is 79.9. The molecule has 0 saturated heterocycles. The van der Waals surface area contributed by atoms with Gasteiger partial charge in [-0.15, -0.1) is 0 Å². The molecule has 3 aromatic rings. The van der Waals surface area contributed by atoms with E-state index in [1.807, 2.05) is 0 Å². The summed E-state index contributed by atoms with van der Waals surface area (Å²) in [7, 11) is 1.50. The van der Waals surface area contributed by atoms with E-state index in [-0.39, 0.29) is 17.7 Å². The number of halogens is 2. The van der Waals surface area contributed by atoms with Crippen molar-refractivity contribution in [2.45, 2.75) is 19.9 Å². The van der Waals surface area contributed by atoms with E-state index in [1.165, 1.54) is 23.0 Å². The fraction of sp³-hybridized carbons (Fsp3) is 0.231. The lowest BCUT2D eigenvalue weighted by Gasteiger charge is -2.26. The number of ether oxygens (including phenoxy) is 3. The van der Waals surface area contributed by atoms with Crippen molar-refractivity contribution >= 4 is 56.9 Å². The molecule has 0 spiro atoms. The fourth-order valence-electron chi connectivity index (χ4n) is 4.02. The molecule has 198 valence electrons. The van der Waals surface area contributed by atoms with Gasteiger partial charge in [-0.3, -0.25) is 9.36 Å². The predicted molar refractivity (Wildman–Crippen MR) is 146 cm³/mol. The van der Waals surface area contributed by atoms with Gasteiger partial charge in [0.2, 0.25) is 0 Å².